The fourth-order valence-corrected chi connectivity index (χ4v) is 13.5. The number of carbonyl (C=O) groups excluding carboxylic acids is 5. The predicted octanol–water partition coefficient (Wildman–Crippen LogP) is 5.08. The van der Waals surface area contributed by atoms with Gasteiger partial charge >= 0.3 is 5.97 Å². The first kappa shape index (κ1) is 55.5. The maximum atomic E-state index is 14.3. The Labute approximate surface area is 420 Å². The minimum absolute atomic E-state index is 0.00751. The molecule has 6 rings (SSSR count). The molecule has 5 amide bonds. The highest BCUT2D eigenvalue weighted by Crippen LogP contribution is 2.68. The average Bonchev–Trinajstić information content (AvgIpc) is 3.68. The van der Waals surface area contributed by atoms with Gasteiger partial charge in [0.25, 0.3) is 0 Å². The molecule has 5 unspecified atom stereocenters. The van der Waals surface area contributed by atoms with Gasteiger partial charge in [0.2, 0.25) is 29.5 Å². The molecule has 0 saturated heterocycles. The van der Waals surface area contributed by atoms with Crippen LogP contribution < -0.4 is 26.6 Å². The van der Waals surface area contributed by atoms with Crippen LogP contribution in [0.15, 0.2) is 60.7 Å². The summed E-state index contributed by atoms with van der Waals surface area (Å²) in [4.78, 5) is 81.6. The molecule has 16 atom stereocenters. The standard InChI is InChI=1S/C56H83N5O10/c1-31(2)25-42(58-47(65)22-19-33(5)39-20-21-40-48-41(30-46(64)56(39,40)8)55(7)24-23-38(62)28-37(55)29-45(48)63)52(68)61-49(32(3)4)53(69)60-44(27-36-17-13-10-14-18-36)51(67)59-43(26-35-15-11-9-12-16-35)50(66)57-34(6)54(70)71/h9-18,31-34,37-46,48-49,62-64H,19-30H2,1-8H3,(H,57,66)(H,58,65)(H,59,67)(H,60,69)(H,61,68)(H,70,71)/t33-,34+,37?,38-,39-,40?,41?,42+,43+,44+,45?,46+,48?,49+,55+,56-/m1/s1. The zero-order valence-electron chi connectivity index (χ0n) is 43.2. The maximum Gasteiger partial charge on any atom is 0.325 e. The van der Waals surface area contributed by atoms with E-state index in [1.54, 1.807) is 62.4 Å². The highest BCUT2D eigenvalue weighted by Gasteiger charge is 2.65. The number of benzene rings is 2. The van der Waals surface area contributed by atoms with Crippen molar-refractivity contribution in [3.63, 3.8) is 0 Å². The van der Waals surface area contributed by atoms with Crippen molar-refractivity contribution in [2.45, 2.75) is 181 Å². The molecule has 0 heterocycles. The lowest BCUT2D eigenvalue weighted by atomic mass is 9.43. The Morgan fingerprint density at radius 2 is 1.21 bits per heavy atom. The van der Waals surface area contributed by atoms with Crippen molar-refractivity contribution in [1.29, 1.82) is 0 Å². The van der Waals surface area contributed by atoms with Gasteiger partial charge in [-0.25, -0.2) is 0 Å². The molecule has 9 N–H and O–H groups in total. The summed E-state index contributed by atoms with van der Waals surface area (Å²) < 4.78 is 0. The van der Waals surface area contributed by atoms with Crippen LogP contribution in [0.1, 0.15) is 131 Å². The zero-order valence-corrected chi connectivity index (χ0v) is 43.2. The Morgan fingerprint density at radius 3 is 1.77 bits per heavy atom. The number of aliphatic hydroxyl groups excluding tert-OH is 3. The van der Waals surface area contributed by atoms with Crippen LogP contribution in [0.4, 0.5) is 0 Å². The fourth-order valence-electron chi connectivity index (χ4n) is 13.5. The second kappa shape index (κ2) is 23.8. The number of aliphatic hydroxyl groups is 3. The minimum Gasteiger partial charge on any atom is -0.480 e. The van der Waals surface area contributed by atoms with Crippen LogP contribution in [0.25, 0.3) is 0 Å². The fraction of sp³-hybridized carbons (Fsp3) is 0.679. The number of carboxylic acids is 1. The molecule has 2 aromatic rings. The lowest BCUT2D eigenvalue weighted by Gasteiger charge is -2.63. The van der Waals surface area contributed by atoms with Gasteiger partial charge in [-0.3, -0.25) is 28.8 Å². The Kier molecular flexibility index (Phi) is 18.6. The SMILES string of the molecule is CC(C)C[C@H](NC(=O)CC[C@@H](C)[C@H]1CCC2C3C(O)CC4C[C@H](O)CC[C@]4(C)C3C[C@H](O)[C@@]21C)C(=O)N[C@H](C(=O)N[C@@H](Cc1ccccc1)C(=O)N[C@@H](Cc1ccccc1)C(=O)N[C@@H](C)C(=O)O)C(C)C. The highest BCUT2D eigenvalue weighted by atomic mass is 16.4. The van der Waals surface area contributed by atoms with Crippen molar-refractivity contribution in [3.05, 3.63) is 71.8 Å². The van der Waals surface area contributed by atoms with Crippen molar-refractivity contribution in [1.82, 2.24) is 26.6 Å². The first-order valence-electron chi connectivity index (χ1n) is 26.4. The number of rotatable bonds is 21. The van der Waals surface area contributed by atoms with E-state index in [1.807, 2.05) is 26.0 Å². The van der Waals surface area contributed by atoms with E-state index in [2.05, 4.69) is 47.4 Å². The quantitative estimate of drug-likeness (QED) is 0.0804. The van der Waals surface area contributed by atoms with E-state index in [1.165, 1.54) is 6.92 Å². The Hall–Kier alpha value is -4.86. The molecule has 4 saturated carbocycles. The summed E-state index contributed by atoms with van der Waals surface area (Å²) in [7, 11) is 0. The Bertz CT molecular complexity index is 2160. The molecule has 15 heteroatoms. The van der Waals surface area contributed by atoms with Gasteiger partial charge in [0, 0.05) is 19.3 Å². The van der Waals surface area contributed by atoms with Gasteiger partial charge in [-0.05, 0) is 134 Å². The van der Waals surface area contributed by atoms with Crippen LogP contribution in [0.3, 0.4) is 0 Å². The van der Waals surface area contributed by atoms with E-state index in [0.717, 1.165) is 31.2 Å². The number of hydrogen-bond donors (Lipinski definition) is 9. The first-order chi connectivity index (χ1) is 33.5. The summed E-state index contributed by atoms with van der Waals surface area (Å²) in [5, 5.41) is 57.7. The monoisotopic (exact) mass is 986 g/mol. The van der Waals surface area contributed by atoms with Gasteiger partial charge in [0.05, 0.1) is 18.3 Å². The lowest BCUT2D eigenvalue weighted by Crippen LogP contribution is -2.62. The maximum absolute atomic E-state index is 14.3. The molecule has 4 aliphatic carbocycles. The van der Waals surface area contributed by atoms with E-state index in [9.17, 15) is 49.2 Å². The molecule has 0 aliphatic heterocycles. The molecule has 15 nitrogen and oxygen atoms in total. The number of carboxylic acid groups (broad SMARTS) is 1. The van der Waals surface area contributed by atoms with Crippen LogP contribution in [0.5, 0.6) is 0 Å². The van der Waals surface area contributed by atoms with Crippen LogP contribution in [-0.4, -0.2) is 104 Å². The van der Waals surface area contributed by atoms with Gasteiger partial charge < -0.3 is 47.0 Å². The third kappa shape index (κ3) is 13.0. The van der Waals surface area contributed by atoms with Gasteiger partial charge in [0.1, 0.15) is 30.2 Å². The molecule has 4 aliphatic rings. The third-order valence-corrected chi connectivity index (χ3v) is 17.5. The molecule has 0 radical (unpaired) electrons. The number of hydrogen-bond acceptors (Lipinski definition) is 9. The van der Waals surface area contributed by atoms with Crippen molar-refractivity contribution in [2.75, 3.05) is 0 Å². The van der Waals surface area contributed by atoms with Gasteiger partial charge in [-0.15, -0.1) is 0 Å². The van der Waals surface area contributed by atoms with E-state index in [-0.39, 0.29) is 78.1 Å². The second-order valence-electron chi connectivity index (χ2n) is 23.1. The first-order valence-corrected chi connectivity index (χ1v) is 26.4. The van der Waals surface area contributed by atoms with E-state index < -0.39 is 83.3 Å². The lowest BCUT2D eigenvalue weighted by molar-refractivity contribution is -0.207. The van der Waals surface area contributed by atoms with Crippen molar-refractivity contribution in [3.8, 4) is 0 Å². The van der Waals surface area contributed by atoms with E-state index >= 15 is 0 Å². The summed E-state index contributed by atoms with van der Waals surface area (Å²) in [6, 6.07) is 12.3. The number of carbonyl (C=O) groups is 6. The zero-order chi connectivity index (χ0) is 51.9. The summed E-state index contributed by atoms with van der Waals surface area (Å²) in [6.45, 7) is 15.4. The number of amides is 5. The highest BCUT2D eigenvalue weighted by molar-refractivity contribution is 5.96. The van der Waals surface area contributed by atoms with Gasteiger partial charge in [-0.2, -0.15) is 0 Å². The molecule has 71 heavy (non-hydrogen) atoms. The van der Waals surface area contributed by atoms with Crippen molar-refractivity contribution in [2.24, 2.45) is 58.2 Å². The number of nitrogens with one attached hydrogen (secondary N) is 5. The Morgan fingerprint density at radius 1 is 0.648 bits per heavy atom. The van der Waals surface area contributed by atoms with Crippen LogP contribution in [0, 0.1) is 58.2 Å². The third-order valence-electron chi connectivity index (χ3n) is 17.5. The van der Waals surface area contributed by atoms with Crippen LogP contribution >= 0.6 is 0 Å². The smallest absolute Gasteiger partial charge is 0.325 e. The molecule has 0 bridgehead atoms. The topological polar surface area (TPSA) is 243 Å². The van der Waals surface area contributed by atoms with Crippen LogP contribution in [-0.2, 0) is 41.6 Å². The van der Waals surface area contributed by atoms with Gasteiger partial charge in [-0.1, -0.05) is 109 Å². The average molecular weight is 986 g/mol. The molecular weight excluding hydrogens is 903 g/mol. The van der Waals surface area contributed by atoms with Crippen molar-refractivity contribution < 1.29 is 49.2 Å². The second-order valence-corrected chi connectivity index (χ2v) is 23.1. The molecule has 2 aromatic carbocycles. The number of aliphatic carboxylic acids is 1. The summed E-state index contributed by atoms with van der Waals surface area (Å²) >= 11 is 0. The molecule has 0 aromatic heterocycles. The largest absolute Gasteiger partial charge is 0.480 e. The van der Waals surface area contributed by atoms with E-state index in [0.29, 0.717) is 37.7 Å². The number of fused-ring (bicyclic) bond motifs is 5. The molecule has 4 fully saturated rings. The van der Waals surface area contributed by atoms with Gasteiger partial charge in [0.15, 0.2) is 0 Å². The summed E-state index contributed by atoms with van der Waals surface area (Å²) in [5.41, 5.74) is 1.00. The van der Waals surface area contributed by atoms with Crippen molar-refractivity contribution >= 4 is 35.5 Å². The Balaban J connectivity index is 1.10. The summed E-state index contributed by atoms with van der Waals surface area (Å²) in [5.74, 6) is -3.63. The molecule has 0 spiro atoms. The molecule has 392 valence electrons. The normalized spacial score (nSPS) is 30.5. The van der Waals surface area contributed by atoms with E-state index in [4.69, 9.17) is 0 Å². The predicted molar refractivity (Wildman–Crippen MR) is 270 cm³/mol. The summed E-state index contributed by atoms with van der Waals surface area (Å²) in [6.07, 6.45) is 5.27. The van der Waals surface area contributed by atoms with Crippen LogP contribution in [0.2, 0.25) is 0 Å². The molecular formula is C56H83N5O10. The minimum atomic E-state index is -1.24.